The highest BCUT2D eigenvalue weighted by Crippen LogP contribution is 2.06. The Balaban J connectivity index is 2.51. The molecule has 0 fully saturated rings. The van der Waals surface area contributed by atoms with E-state index >= 15 is 0 Å². The summed E-state index contributed by atoms with van der Waals surface area (Å²) < 4.78 is 1.99. The van der Waals surface area contributed by atoms with Gasteiger partial charge in [0.15, 0.2) is 0 Å². The summed E-state index contributed by atoms with van der Waals surface area (Å²) in [6.45, 7) is 0. The van der Waals surface area contributed by atoms with Crippen molar-refractivity contribution in [2.75, 3.05) is 0 Å². The molecule has 2 heterocycles. The Morgan fingerprint density at radius 3 is 3.15 bits per heavy atom. The van der Waals surface area contributed by atoms with Crippen LogP contribution in [0.3, 0.4) is 0 Å². The Labute approximate surface area is 81.2 Å². The number of imidazole rings is 1. The van der Waals surface area contributed by atoms with Crippen LogP contribution in [0.5, 0.6) is 0 Å². The Morgan fingerprint density at radius 2 is 2.38 bits per heavy atom. The number of pyridine rings is 1. The molecule has 66 valence electrons. The lowest BCUT2D eigenvalue weighted by molar-refractivity contribution is 1.07. The fraction of sp³-hybridized carbons (Fsp3) is 0.111. The smallest absolute Gasteiger partial charge is 0.136 e. The molecule has 0 aliphatic carbocycles. The maximum absolute atomic E-state index is 5.47. The van der Waals surface area contributed by atoms with E-state index in [-0.39, 0.29) is 0 Å². The van der Waals surface area contributed by atoms with Crippen LogP contribution >= 0.6 is 12.2 Å². The molecule has 2 aromatic rings. The zero-order valence-electron chi connectivity index (χ0n) is 6.97. The van der Waals surface area contributed by atoms with Crippen molar-refractivity contribution in [1.82, 2.24) is 9.38 Å². The summed E-state index contributed by atoms with van der Waals surface area (Å²) in [5, 5.41) is 0. The second-order valence-corrected chi connectivity index (χ2v) is 3.35. The minimum atomic E-state index is 0.491. The molecule has 0 saturated heterocycles. The summed E-state index contributed by atoms with van der Waals surface area (Å²) >= 11 is 4.84. The summed E-state index contributed by atoms with van der Waals surface area (Å²) in [5.74, 6) is 0. The Hall–Kier alpha value is -1.42. The van der Waals surface area contributed by atoms with Crippen LogP contribution in [0.15, 0.2) is 30.6 Å². The van der Waals surface area contributed by atoms with E-state index in [2.05, 4.69) is 4.98 Å². The predicted molar refractivity (Wildman–Crippen MR) is 55.7 cm³/mol. The molecule has 0 radical (unpaired) electrons. The highest BCUT2D eigenvalue weighted by Gasteiger charge is 2.02. The average Bonchev–Trinajstić information content (AvgIpc) is 2.48. The van der Waals surface area contributed by atoms with Gasteiger partial charge in [-0.3, -0.25) is 0 Å². The average molecular weight is 191 g/mol. The minimum absolute atomic E-state index is 0.491. The van der Waals surface area contributed by atoms with Crippen LogP contribution in [0.1, 0.15) is 5.69 Å². The molecule has 3 nitrogen and oxygen atoms in total. The van der Waals surface area contributed by atoms with Crippen LogP contribution in [-0.4, -0.2) is 14.4 Å². The molecule has 2 aromatic heterocycles. The second-order valence-electron chi connectivity index (χ2n) is 2.82. The Kier molecular flexibility index (Phi) is 1.98. The Bertz CT molecular complexity index is 447. The van der Waals surface area contributed by atoms with E-state index in [1.165, 1.54) is 0 Å². The molecular weight excluding hydrogens is 182 g/mol. The normalized spacial score (nSPS) is 10.5. The lowest BCUT2D eigenvalue weighted by Gasteiger charge is -1.98. The van der Waals surface area contributed by atoms with Gasteiger partial charge in [-0.2, -0.15) is 0 Å². The summed E-state index contributed by atoms with van der Waals surface area (Å²) in [5.41, 5.74) is 7.42. The van der Waals surface area contributed by atoms with Crippen LogP contribution in [0.25, 0.3) is 5.65 Å². The number of thiocarbonyl (C=S) groups is 1. The first-order valence-electron chi connectivity index (χ1n) is 3.96. The van der Waals surface area contributed by atoms with E-state index in [9.17, 15) is 0 Å². The lowest BCUT2D eigenvalue weighted by Crippen LogP contribution is -2.12. The molecule has 0 bridgehead atoms. The lowest BCUT2D eigenvalue weighted by atomic mass is 10.3. The minimum Gasteiger partial charge on any atom is -0.393 e. The summed E-state index contributed by atoms with van der Waals surface area (Å²) in [6.07, 6.45) is 4.35. The van der Waals surface area contributed by atoms with E-state index in [1.807, 2.05) is 28.8 Å². The fourth-order valence-corrected chi connectivity index (χ4v) is 1.44. The summed E-state index contributed by atoms with van der Waals surface area (Å²) in [6, 6.07) is 5.85. The molecule has 0 saturated carbocycles. The molecule has 0 aliphatic heterocycles. The molecule has 0 spiro atoms. The highest BCUT2D eigenvalue weighted by molar-refractivity contribution is 7.80. The van der Waals surface area contributed by atoms with Crippen molar-refractivity contribution in [3.05, 3.63) is 36.3 Å². The number of nitrogens with two attached hydrogens (primary N) is 1. The van der Waals surface area contributed by atoms with E-state index in [1.54, 1.807) is 6.20 Å². The number of rotatable bonds is 2. The van der Waals surface area contributed by atoms with Crippen molar-refractivity contribution < 1.29 is 0 Å². The van der Waals surface area contributed by atoms with E-state index in [0.717, 1.165) is 11.3 Å². The van der Waals surface area contributed by atoms with Crippen molar-refractivity contribution >= 4 is 22.9 Å². The zero-order chi connectivity index (χ0) is 9.26. The van der Waals surface area contributed by atoms with Gasteiger partial charge >= 0.3 is 0 Å². The SMILES string of the molecule is NC(=S)Cc1cnc2ccccn12. The Morgan fingerprint density at radius 1 is 1.54 bits per heavy atom. The first-order chi connectivity index (χ1) is 6.27. The third kappa shape index (κ3) is 1.53. The quantitative estimate of drug-likeness (QED) is 0.724. The zero-order valence-corrected chi connectivity index (χ0v) is 7.79. The molecule has 2 rings (SSSR count). The van der Waals surface area contributed by atoms with Gasteiger partial charge in [0.25, 0.3) is 0 Å². The molecule has 0 aromatic carbocycles. The molecular formula is C9H9N3S. The van der Waals surface area contributed by atoms with Gasteiger partial charge in [0.1, 0.15) is 5.65 Å². The first-order valence-corrected chi connectivity index (χ1v) is 4.37. The largest absolute Gasteiger partial charge is 0.393 e. The molecule has 2 N–H and O–H groups in total. The molecule has 0 aliphatic rings. The van der Waals surface area contributed by atoms with Gasteiger partial charge in [-0.25, -0.2) is 4.98 Å². The van der Waals surface area contributed by atoms with Crippen molar-refractivity contribution in [3.63, 3.8) is 0 Å². The van der Waals surface area contributed by atoms with Crippen LogP contribution < -0.4 is 5.73 Å². The highest BCUT2D eigenvalue weighted by atomic mass is 32.1. The van der Waals surface area contributed by atoms with Crippen molar-refractivity contribution in [3.8, 4) is 0 Å². The number of nitrogens with zero attached hydrogens (tertiary/aromatic N) is 2. The third-order valence-electron chi connectivity index (χ3n) is 1.85. The van der Waals surface area contributed by atoms with Gasteiger partial charge in [-0.05, 0) is 12.1 Å². The summed E-state index contributed by atoms with van der Waals surface area (Å²) in [7, 11) is 0. The third-order valence-corrected chi connectivity index (χ3v) is 1.99. The van der Waals surface area contributed by atoms with Crippen molar-refractivity contribution in [2.45, 2.75) is 6.42 Å². The van der Waals surface area contributed by atoms with E-state index in [0.29, 0.717) is 11.4 Å². The van der Waals surface area contributed by atoms with Crippen molar-refractivity contribution in [2.24, 2.45) is 5.73 Å². The van der Waals surface area contributed by atoms with E-state index in [4.69, 9.17) is 18.0 Å². The topological polar surface area (TPSA) is 43.3 Å². The fourth-order valence-electron chi connectivity index (χ4n) is 1.29. The molecule has 0 atom stereocenters. The number of hydrogen-bond donors (Lipinski definition) is 1. The maximum Gasteiger partial charge on any atom is 0.136 e. The van der Waals surface area contributed by atoms with Crippen molar-refractivity contribution in [1.29, 1.82) is 0 Å². The van der Waals surface area contributed by atoms with Gasteiger partial charge in [-0.15, -0.1) is 0 Å². The van der Waals surface area contributed by atoms with Crippen LogP contribution in [0.2, 0.25) is 0 Å². The molecule has 13 heavy (non-hydrogen) atoms. The van der Waals surface area contributed by atoms with Gasteiger partial charge in [-0.1, -0.05) is 18.3 Å². The van der Waals surface area contributed by atoms with Gasteiger partial charge in [0, 0.05) is 24.5 Å². The number of fused-ring (bicyclic) bond motifs is 1. The predicted octanol–water partition coefficient (Wildman–Crippen LogP) is 1.16. The van der Waals surface area contributed by atoms with E-state index < -0.39 is 0 Å². The number of hydrogen-bond acceptors (Lipinski definition) is 2. The standard InChI is InChI=1S/C9H9N3S/c10-8(13)5-7-6-11-9-3-1-2-4-12(7)9/h1-4,6H,5H2,(H2,10,13). The maximum atomic E-state index is 5.47. The van der Waals surface area contributed by atoms with Crippen LogP contribution in [0.4, 0.5) is 0 Å². The van der Waals surface area contributed by atoms with Gasteiger partial charge in [0.05, 0.1) is 4.99 Å². The van der Waals surface area contributed by atoms with Gasteiger partial charge < -0.3 is 10.1 Å². The summed E-state index contributed by atoms with van der Waals surface area (Å²) in [4.78, 5) is 4.71. The monoisotopic (exact) mass is 191 g/mol. The second kappa shape index (κ2) is 3.14. The van der Waals surface area contributed by atoms with Crippen LogP contribution in [0, 0.1) is 0 Å². The molecule has 0 unspecified atom stereocenters. The first kappa shape index (κ1) is 8.19. The molecule has 4 heteroatoms. The van der Waals surface area contributed by atoms with Crippen LogP contribution in [-0.2, 0) is 6.42 Å². The van der Waals surface area contributed by atoms with Gasteiger partial charge in [0.2, 0.25) is 0 Å². The number of aromatic nitrogens is 2. The molecule has 0 amide bonds.